The summed E-state index contributed by atoms with van der Waals surface area (Å²) in [6.07, 6.45) is 0. The number of hydrogen-bond donors (Lipinski definition) is 1. The number of nitrogens with zero attached hydrogens (tertiary/aromatic N) is 3. The first kappa shape index (κ1) is 45.3. The van der Waals surface area contributed by atoms with Crippen LogP contribution in [0, 0.1) is 6.92 Å². The van der Waals surface area contributed by atoms with Gasteiger partial charge in [-0.15, -0.1) is 0 Å². The molecule has 0 aliphatic carbocycles. The molecule has 15 aromatic rings. The Kier molecular flexibility index (Phi) is 10.6. The maximum Gasteiger partial charge on any atom is 0.0701 e. The molecule has 0 saturated heterocycles. The lowest BCUT2D eigenvalue weighted by molar-refractivity contribution is 0.744. The van der Waals surface area contributed by atoms with Gasteiger partial charge < -0.3 is 19.0 Å². The Morgan fingerprint density at radius 1 is 0.256 bits per heavy atom. The zero-order valence-corrected chi connectivity index (χ0v) is 43.1. The summed E-state index contributed by atoms with van der Waals surface area (Å²) < 4.78 is 7.23. The van der Waals surface area contributed by atoms with Crippen LogP contribution in [0.1, 0.15) is 27.8 Å². The molecule has 4 heteroatoms. The fraction of sp³-hybridized carbons (Fsp3) is 0.0270. The Morgan fingerprint density at radius 2 is 0.526 bits per heavy atom. The molecule has 0 amide bonds. The van der Waals surface area contributed by atoms with Crippen LogP contribution in [0.25, 0.3) is 93.6 Å². The van der Waals surface area contributed by atoms with Crippen LogP contribution >= 0.6 is 0 Å². The van der Waals surface area contributed by atoms with Gasteiger partial charge in [0, 0.05) is 66.3 Å². The molecule has 368 valence electrons. The summed E-state index contributed by atoms with van der Waals surface area (Å²) in [5, 5.41) is 11.3. The van der Waals surface area contributed by atoms with Crippen LogP contribution in [0.15, 0.2) is 291 Å². The molecule has 0 unspecified atom stereocenters. The molecule has 0 radical (unpaired) electrons. The predicted octanol–water partition coefficient (Wildman–Crippen LogP) is 19.1. The number of aryl methyl sites for hydroxylation is 1. The van der Waals surface area contributed by atoms with Crippen molar-refractivity contribution >= 4 is 76.8 Å². The quantitative estimate of drug-likeness (QED) is 0.136. The van der Waals surface area contributed by atoms with Gasteiger partial charge in [-0.2, -0.15) is 0 Å². The summed E-state index contributed by atoms with van der Waals surface area (Å²) in [6, 6.07) is 107. The van der Waals surface area contributed by atoms with Gasteiger partial charge in [-0.3, -0.25) is 0 Å². The molecule has 15 rings (SSSR count). The van der Waals surface area contributed by atoms with Gasteiger partial charge in [0.15, 0.2) is 0 Å². The largest absolute Gasteiger partial charge is 0.355 e. The number of fused-ring (bicyclic) bond motifs is 9. The second kappa shape index (κ2) is 18.3. The normalized spacial score (nSPS) is 11.9. The van der Waals surface area contributed by atoms with Gasteiger partial charge in [0.05, 0.1) is 38.5 Å². The summed E-state index contributed by atoms with van der Waals surface area (Å²) in [5.41, 5.74) is 20.0. The van der Waals surface area contributed by atoms with Gasteiger partial charge >= 0.3 is 0 Å². The lowest BCUT2D eigenvalue weighted by Gasteiger charge is -2.37. The molecule has 78 heavy (non-hydrogen) atoms. The smallest absolute Gasteiger partial charge is 0.0701 e. The van der Waals surface area contributed by atoms with Crippen LogP contribution < -0.4 is 5.32 Å². The minimum absolute atomic E-state index is 0.782. The highest BCUT2D eigenvalue weighted by Crippen LogP contribution is 2.48. The zero-order chi connectivity index (χ0) is 51.7. The van der Waals surface area contributed by atoms with Crippen molar-refractivity contribution in [1.82, 2.24) is 13.7 Å². The number of hydrogen-bond acceptors (Lipinski definition) is 1. The zero-order valence-electron chi connectivity index (χ0n) is 43.1. The lowest BCUT2D eigenvalue weighted by atomic mass is 9.65. The van der Waals surface area contributed by atoms with E-state index in [0.717, 1.165) is 50.7 Å². The first-order valence-corrected chi connectivity index (χ1v) is 26.9. The molecule has 0 fully saturated rings. The van der Waals surface area contributed by atoms with E-state index in [1.165, 1.54) is 82.1 Å². The predicted molar refractivity (Wildman–Crippen MR) is 328 cm³/mol. The first-order chi connectivity index (χ1) is 38.6. The van der Waals surface area contributed by atoms with Crippen LogP contribution in [0.3, 0.4) is 0 Å². The average molecular weight is 997 g/mol. The molecular formula is C74H52N4. The van der Waals surface area contributed by atoms with E-state index in [-0.39, 0.29) is 0 Å². The molecule has 3 aromatic heterocycles. The van der Waals surface area contributed by atoms with E-state index in [2.05, 4.69) is 317 Å². The molecule has 0 aliphatic rings. The Morgan fingerprint density at radius 3 is 0.859 bits per heavy atom. The number of rotatable bonds is 10. The minimum Gasteiger partial charge on any atom is -0.355 e. The Labute approximate surface area is 453 Å². The molecule has 12 aromatic carbocycles. The van der Waals surface area contributed by atoms with E-state index < -0.39 is 5.41 Å². The maximum absolute atomic E-state index is 3.84. The molecule has 0 bridgehead atoms. The van der Waals surface area contributed by atoms with Crippen molar-refractivity contribution < 1.29 is 0 Å². The van der Waals surface area contributed by atoms with Gasteiger partial charge in [-0.25, -0.2) is 0 Å². The standard InChI is InChI=1S/C74H52N4/c1-50-18-2-3-19-59(50)60-20-4-11-27-67(60)75-55-42-34-51(35-43-55)74(52-36-44-56(45-37-52)76-68-28-12-5-21-61(68)62-22-6-13-29-69(62)76,53-38-46-57(47-39-53)77-70-30-14-7-23-63(70)64-24-8-15-31-71(64)77)54-40-48-58(49-41-54)78-72-32-16-9-25-65(72)66-26-10-17-33-73(66)78/h2-49,75H,1H3. The van der Waals surface area contributed by atoms with E-state index in [9.17, 15) is 0 Å². The molecule has 3 heterocycles. The fourth-order valence-electron chi connectivity index (χ4n) is 12.8. The van der Waals surface area contributed by atoms with E-state index in [4.69, 9.17) is 0 Å². The van der Waals surface area contributed by atoms with Crippen LogP contribution in [-0.2, 0) is 5.41 Å². The average Bonchev–Trinajstić information content (AvgIpc) is 4.18. The SMILES string of the molecule is Cc1ccccc1-c1ccccc1Nc1ccc(C(c2ccc(-n3c4ccccc4c4ccccc43)cc2)(c2ccc(-n3c4ccccc4c4ccccc43)cc2)c2ccc(-n3c4ccccc4c4ccccc43)cc2)cc1. The maximum atomic E-state index is 3.84. The summed E-state index contributed by atoms with van der Waals surface area (Å²) in [4.78, 5) is 0. The van der Waals surface area contributed by atoms with Crippen molar-refractivity contribution in [2.24, 2.45) is 0 Å². The topological polar surface area (TPSA) is 26.8 Å². The minimum atomic E-state index is -0.782. The van der Waals surface area contributed by atoms with Crippen LogP contribution in [-0.4, -0.2) is 13.7 Å². The van der Waals surface area contributed by atoms with E-state index >= 15 is 0 Å². The van der Waals surface area contributed by atoms with Gasteiger partial charge in [-0.05, 0) is 131 Å². The third-order valence-corrected chi connectivity index (χ3v) is 16.4. The van der Waals surface area contributed by atoms with Crippen molar-refractivity contribution in [1.29, 1.82) is 0 Å². The Balaban J connectivity index is 0.950. The van der Waals surface area contributed by atoms with E-state index in [1.807, 2.05) is 0 Å². The second-order valence-electron chi connectivity index (χ2n) is 20.6. The Bertz CT molecular complexity index is 4210. The lowest BCUT2D eigenvalue weighted by Crippen LogP contribution is -2.31. The summed E-state index contributed by atoms with van der Waals surface area (Å²) >= 11 is 0. The van der Waals surface area contributed by atoms with Crippen molar-refractivity contribution in [3.05, 3.63) is 319 Å². The van der Waals surface area contributed by atoms with Gasteiger partial charge in [-0.1, -0.05) is 200 Å². The number of anilines is 2. The van der Waals surface area contributed by atoms with E-state index in [0.29, 0.717) is 0 Å². The molecular weight excluding hydrogens is 945 g/mol. The summed E-state index contributed by atoms with van der Waals surface area (Å²) in [7, 11) is 0. The summed E-state index contributed by atoms with van der Waals surface area (Å²) in [6.45, 7) is 2.18. The van der Waals surface area contributed by atoms with Gasteiger partial charge in [0.1, 0.15) is 0 Å². The fourth-order valence-corrected chi connectivity index (χ4v) is 12.8. The molecule has 1 N–H and O–H groups in total. The highest BCUT2D eigenvalue weighted by molar-refractivity contribution is 6.11. The highest BCUT2D eigenvalue weighted by atomic mass is 15.0. The van der Waals surface area contributed by atoms with Crippen LogP contribution in [0.4, 0.5) is 11.4 Å². The molecule has 4 nitrogen and oxygen atoms in total. The number of nitrogens with one attached hydrogen (secondary N) is 1. The first-order valence-electron chi connectivity index (χ1n) is 26.9. The monoisotopic (exact) mass is 996 g/mol. The number of benzene rings is 12. The van der Waals surface area contributed by atoms with Crippen LogP contribution in [0.2, 0.25) is 0 Å². The highest BCUT2D eigenvalue weighted by Gasteiger charge is 2.39. The van der Waals surface area contributed by atoms with E-state index in [1.54, 1.807) is 0 Å². The number of para-hydroxylation sites is 7. The van der Waals surface area contributed by atoms with Gasteiger partial charge in [0.2, 0.25) is 0 Å². The third-order valence-electron chi connectivity index (χ3n) is 16.4. The second-order valence-corrected chi connectivity index (χ2v) is 20.6. The van der Waals surface area contributed by atoms with Crippen LogP contribution in [0.5, 0.6) is 0 Å². The molecule has 0 spiro atoms. The third kappa shape index (κ3) is 7.07. The Hall–Kier alpha value is -10.2. The molecule has 0 atom stereocenters. The molecule has 0 saturated carbocycles. The van der Waals surface area contributed by atoms with Crippen molar-refractivity contribution in [3.8, 4) is 28.2 Å². The van der Waals surface area contributed by atoms with Crippen molar-refractivity contribution in [3.63, 3.8) is 0 Å². The number of aromatic nitrogens is 3. The summed E-state index contributed by atoms with van der Waals surface area (Å²) in [5.74, 6) is 0. The molecule has 0 aliphatic heterocycles. The van der Waals surface area contributed by atoms with Crippen molar-refractivity contribution in [2.75, 3.05) is 5.32 Å². The van der Waals surface area contributed by atoms with Gasteiger partial charge in [0.25, 0.3) is 0 Å². The van der Waals surface area contributed by atoms with Crippen molar-refractivity contribution in [2.45, 2.75) is 12.3 Å².